The van der Waals surface area contributed by atoms with Gasteiger partial charge in [-0.15, -0.1) is 0 Å². The first-order chi connectivity index (χ1) is 3.25. The topological polar surface area (TPSA) is 71.0 Å². The molecule has 0 aliphatic carbocycles. The Hall–Kier alpha value is -0.0551. The molecule has 0 bridgehead atoms. The summed E-state index contributed by atoms with van der Waals surface area (Å²) in [6, 6.07) is 0. The normalized spacial score (nSPS) is 11.4. The monoisotopic (exact) mass is 143 g/mol. The Balaban J connectivity index is -0.000000245. The fourth-order valence-corrected chi connectivity index (χ4v) is 0. The van der Waals surface area contributed by atoms with E-state index in [1.165, 1.54) is 0 Å². The van der Waals surface area contributed by atoms with E-state index in [1.54, 1.807) is 27.7 Å². The van der Waals surface area contributed by atoms with Gasteiger partial charge in [0, 0.05) is 14.6 Å². The average molecular weight is 143 g/mol. The van der Waals surface area contributed by atoms with Crippen LogP contribution < -0.4 is 6.15 Å². The fraction of sp³-hybridized carbons (Fsp3) is 1.00. The summed E-state index contributed by atoms with van der Waals surface area (Å²) in [5.74, 6) is 0. The predicted molar refractivity (Wildman–Crippen MR) is 40.5 cm³/mol. The molecule has 4 heteroatoms. The van der Waals surface area contributed by atoms with Crippen molar-refractivity contribution >= 4 is 8.41 Å². The van der Waals surface area contributed by atoms with Gasteiger partial charge in [0.2, 0.25) is 0 Å². The molecule has 0 fully saturated rings. The van der Waals surface area contributed by atoms with E-state index in [2.05, 4.69) is 0 Å². The molecule has 10 heavy (non-hydrogen) atoms. The molecule has 0 rings (SSSR count). The Labute approximate surface area is 64.6 Å². The lowest BCUT2D eigenvalue weighted by Crippen LogP contribution is -2.44. The Kier molecular flexibility index (Phi) is 6.53. The summed E-state index contributed by atoms with van der Waals surface area (Å²) in [6.07, 6.45) is 0. The molecule has 3 nitrogen and oxygen atoms in total. The predicted octanol–water partition coefficient (Wildman–Crippen LogP) is -0.333. The highest BCUT2D eigenvalue weighted by atomic mass is 16.3. The highest BCUT2D eigenvalue weighted by Crippen LogP contribution is 2.18. The van der Waals surface area contributed by atoms with Crippen molar-refractivity contribution in [2.75, 3.05) is 0 Å². The van der Waals surface area contributed by atoms with Crippen molar-refractivity contribution < 1.29 is 10.2 Å². The van der Waals surface area contributed by atoms with Crippen molar-refractivity contribution in [2.45, 2.75) is 38.9 Å². The first kappa shape index (κ1) is 16.5. The molecule has 0 amide bonds. The lowest BCUT2D eigenvalue weighted by molar-refractivity contribution is -0.107. The molecule has 0 aromatic rings. The van der Waals surface area contributed by atoms with E-state index in [1.807, 2.05) is 0 Å². The van der Waals surface area contributed by atoms with Crippen LogP contribution in [0.15, 0.2) is 0 Å². The highest BCUT2D eigenvalue weighted by molar-refractivity contribution is 5.75. The molecule has 0 atom stereocenters. The Morgan fingerprint density at radius 2 is 0.900 bits per heavy atom. The van der Waals surface area contributed by atoms with Crippen LogP contribution in [0.4, 0.5) is 0 Å². The molecular weight excluding hydrogens is 129 g/mol. The smallest absolute Gasteiger partial charge is 0.0872 e. The minimum absolute atomic E-state index is 0. The van der Waals surface area contributed by atoms with E-state index in [0.29, 0.717) is 0 Å². The summed E-state index contributed by atoms with van der Waals surface area (Å²) in [6.45, 7) is 6.31. The maximum atomic E-state index is 9.10. The fourth-order valence-electron chi connectivity index (χ4n) is 0. The van der Waals surface area contributed by atoms with Crippen LogP contribution in [0.3, 0.4) is 0 Å². The zero-order chi connectivity index (χ0) is 7.00. The standard InChI is InChI=1S/C6H14O2.B.N/c1-5(2,7)6(3,4)8;;/h7-8H,1-4H3;;. The van der Waals surface area contributed by atoms with E-state index in [-0.39, 0.29) is 14.6 Å². The third-order valence-corrected chi connectivity index (χ3v) is 1.50. The number of aliphatic hydroxyl groups is 2. The Morgan fingerprint density at radius 3 is 0.900 bits per heavy atom. The van der Waals surface area contributed by atoms with Crippen LogP contribution in [0.2, 0.25) is 0 Å². The highest BCUT2D eigenvalue weighted by Gasteiger charge is 2.31. The van der Waals surface area contributed by atoms with Crippen LogP contribution in [-0.2, 0) is 0 Å². The third-order valence-electron chi connectivity index (χ3n) is 1.50. The van der Waals surface area contributed by atoms with Crippen LogP contribution >= 0.6 is 0 Å². The quantitative estimate of drug-likeness (QED) is 0.493. The lowest BCUT2D eigenvalue weighted by atomic mass is 9.90. The molecule has 0 aliphatic rings. The Morgan fingerprint density at radius 1 is 0.800 bits per heavy atom. The molecule has 0 saturated heterocycles. The molecular formula is C6H14BNO2. The van der Waals surface area contributed by atoms with Crippen molar-refractivity contribution in [3.05, 3.63) is 0 Å². The molecule has 0 aliphatic heterocycles. The number of hydrogen-bond acceptors (Lipinski definition) is 2. The summed E-state index contributed by atoms with van der Waals surface area (Å²) < 4.78 is 0. The van der Waals surface area contributed by atoms with E-state index >= 15 is 0 Å². The van der Waals surface area contributed by atoms with Gasteiger partial charge < -0.3 is 10.2 Å². The molecule has 0 heterocycles. The summed E-state index contributed by atoms with van der Waals surface area (Å²) in [7, 11) is 0. The van der Waals surface area contributed by atoms with Crippen LogP contribution in [0.5, 0.6) is 0 Å². The van der Waals surface area contributed by atoms with Crippen LogP contribution in [0, 0.1) is 0 Å². The van der Waals surface area contributed by atoms with Crippen molar-refractivity contribution in [1.29, 1.82) is 0 Å². The number of nitrogens with zero attached hydrogens (tertiary/aromatic N) is 1. The zero-order valence-corrected chi connectivity index (χ0v) is 6.92. The van der Waals surface area contributed by atoms with Gasteiger partial charge in [0.1, 0.15) is 0 Å². The third kappa shape index (κ3) is 4.79. The molecule has 0 spiro atoms. The SMILES string of the molecule is CC(C)(O)C(C)(C)O.[B].[N]. The maximum absolute atomic E-state index is 9.10. The van der Waals surface area contributed by atoms with Gasteiger partial charge in [-0.25, -0.2) is 0 Å². The molecule has 0 aromatic heterocycles. The molecule has 58 valence electrons. The second-order valence-corrected chi connectivity index (χ2v) is 3.12. The second kappa shape index (κ2) is 3.96. The second-order valence-electron chi connectivity index (χ2n) is 3.12. The average Bonchev–Trinajstić information content (AvgIpc) is 1.25. The van der Waals surface area contributed by atoms with Gasteiger partial charge in [0.25, 0.3) is 0 Å². The van der Waals surface area contributed by atoms with Crippen molar-refractivity contribution in [1.82, 2.24) is 6.15 Å². The number of rotatable bonds is 1. The first-order valence-corrected chi connectivity index (χ1v) is 2.70. The van der Waals surface area contributed by atoms with Crippen LogP contribution in [0.25, 0.3) is 0 Å². The molecule has 2 N–H and O–H groups in total. The van der Waals surface area contributed by atoms with Gasteiger partial charge in [-0.2, -0.15) is 0 Å². The Bertz CT molecular complexity index is 70.7. The number of hydrogen-bond donors (Lipinski definition) is 2. The minimum atomic E-state index is -1.01. The molecule has 6 radical (unpaired) electrons. The van der Waals surface area contributed by atoms with Gasteiger partial charge in [0.15, 0.2) is 0 Å². The summed E-state index contributed by atoms with van der Waals surface area (Å²) in [5, 5.41) is 18.2. The lowest BCUT2D eigenvalue weighted by Gasteiger charge is -2.31. The summed E-state index contributed by atoms with van der Waals surface area (Å²) in [5.41, 5.74) is -2.01. The summed E-state index contributed by atoms with van der Waals surface area (Å²) >= 11 is 0. The molecule has 0 saturated carbocycles. The maximum Gasteiger partial charge on any atom is 0.0872 e. The van der Waals surface area contributed by atoms with Crippen LogP contribution in [0.1, 0.15) is 27.7 Å². The zero-order valence-electron chi connectivity index (χ0n) is 6.92. The van der Waals surface area contributed by atoms with Gasteiger partial charge >= 0.3 is 0 Å². The first-order valence-electron chi connectivity index (χ1n) is 2.70. The van der Waals surface area contributed by atoms with Crippen molar-refractivity contribution in [3.63, 3.8) is 0 Å². The molecule has 0 unspecified atom stereocenters. The van der Waals surface area contributed by atoms with E-state index in [0.717, 1.165) is 0 Å². The summed E-state index contributed by atoms with van der Waals surface area (Å²) in [4.78, 5) is 0. The van der Waals surface area contributed by atoms with E-state index in [9.17, 15) is 0 Å². The largest absolute Gasteiger partial charge is 0.387 e. The van der Waals surface area contributed by atoms with Gasteiger partial charge in [-0.05, 0) is 27.7 Å². The van der Waals surface area contributed by atoms with Gasteiger partial charge in [-0.3, -0.25) is 0 Å². The van der Waals surface area contributed by atoms with Gasteiger partial charge in [0.05, 0.1) is 11.2 Å². The minimum Gasteiger partial charge on any atom is -0.387 e. The van der Waals surface area contributed by atoms with Gasteiger partial charge in [-0.1, -0.05) is 0 Å². The van der Waals surface area contributed by atoms with Crippen molar-refractivity contribution in [3.8, 4) is 0 Å². The van der Waals surface area contributed by atoms with E-state index in [4.69, 9.17) is 10.2 Å². The van der Waals surface area contributed by atoms with E-state index < -0.39 is 11.2 Å². The van der Waals surface area contributed by atoms with Crippen LogP contribution in [-0.4, -0.2) is 29.8 Å². The molecule has 0 aromatic carbocycles. The van der Waals surface area contributed by atoms with Crippen molar-refractivity contribution in [2.24, 2.45) is 0 Å².